The topological polar surface area (TPSA) is 97.8 Å². The van der Waals surface area contributed by atoms with Crippen molar-refractivity contribution in [3.05, 3.63) is 53.1 Å². The number of rotatable bonds is 11. The van der Waals surface area contributed by atoms with Gasteiger partial charge in [-0.2, -0.15) is 0 Å². The van der Waals surface area contributed by atoms with Gasteiger partial charge < -0.3 is 33.9 Å². The molecule has 3 rings (SSSR count). The van der Waals surface area contributed by atoms with E-state index >= 15 is 0 Å². The quantitative estimate of drug-likeness (QED) is 0.286. The van der Waals surface area contributed by atoms with Crippen molar-refractivity contribution in [1.82, 2.24) is 9.80 Å². The lowest BCUT2D eigenvalue weighted by atomic mass is 9.94. The normalized spacial score (nSPS) is 17.0. The number of methoxy groups -OCH3 is 3. The minimum atomic E-state index is -0.852. The number of Topliss-reactive ketones (excluding diaryl/α,β-unsaturated/α-hetero) is 1. The number of hydrogen-bond donors (Lipinski definition) is 1. The number of carbonyl (C=O) groups excluding carboxylic acids is 2. The number of amides is 1. The summed E-state index contributed by atoms with van der Waals surface area (Å²) in [5.74, 6) is 0.0977. The first-order chi connectivity index (χ1) is 17.3. The molecule has 0 aromatic heterocycles. The third-order valence-electron chi connectivity index (χ3n) is 5.93. The Kier molecular flexibility index (Phi) is 8.82. The summed E-state index contributed by atoms with van der Waals surface area (Å²) >= 11 is 0. The summed E-state index contributed by atoms with van der Waals surface area (Å²) in [6.45, 7) is 3.39. The number of benzene rings is 2. The molecule has 1 atom stereocenters. The van der Waals surface area contributed by atoms with Crippen molar-refractivity contribution in [2.45, 2.75) is 19.4 Å². The van der Waals surface area contributed by atoms with Gasteiger partial charge >= 0.3 is 0 Å². The largest absolute Gasteiger partial charge is 0.507 e. The van der Waals surface area contributed by atoms with Crippen molar-refractivity contribution in [3.8, 4) is 23.0 Å². The van der Waals surface area contributed by atoms with Crippen molar-refractivity contribution in [3.63, 3.8) is 0 Å². The number of hydrogen-bond acceptors (Lipinski definition) is 8. The first-order valence-corrected chi connectivity index (χ1v) is 11.7. The monoisotopic (exact) mass is 498 g/mol. The Labute approximate surface area is 211 Å². The molecule has 0 saturated carbocycles. The summed E-state index contributed by atoms with van der Waals surface area (Å²) in [7, 11) is 8.25. The fourth-order valence-corrected chi connectivity index (χ4v) is 4.11. The molecule has 1 aliphatic rings. The maximum atomic E-state index is 13.3. The van der Waals surface area contributed by atoms with Crippen LogP contribution in [0.25, 0.3) is 5.76 Å². The van der Waals surface area contributed by atoms with E-state index < -0.39 is 17.7 Å². The predicted octanol–water partition coefficient (Wildman–Crippen LogP) is 3.48. The van der Waals surface area contributed by atoms with Crippen molar-refractivity contribution in [2.75, 3.05) is 55.1 Å². The predicted molar refractivity (Wildman–Crippen MR) is 136 cm³/mol. The van der Waals surface area contributed by atoms with Crippen molar-refractivity contribution < 1.29 is 33.6 Å². The van der Waals surface area contributed by atoms with Gasteiger partial charge in [0.25, 0.3) is 11.7 Å². The van der Waals surface area contributed by atoms with Crippen LogP contribution in [-0.4, -0.2) is 81.7 Å². The molecule has 1 heterocycles. The van der Waals surface area contributed by atoms with Gasteiger partial charge in [-0.3, -0.25) is 9.59 Å². The first-order valence-electron chi connectivity index (χ1n) is 11.7. The maximum absolute atomic E-state index is 13.3. The van der Waals surface area contributed by atoms with Gasteiger partial charge in [0.05, 0.1) is 39.6 Å². The van der Waals surface area contributed by atoms with E-state index in [4.69, 9.17) is 18.9 Å². The van der Waals surface area contributed by atoms with Gasteiger partial charge in [-0.1, -0.05) is 6.92 Å². The summed E-state index contributed by atoms with van der Waals surface area (Å²) in [6, 6.07) is 9.31. The van der Waals surface area contributed by atoms with Gasteiger partial charge in [0.2, 0.25) is 5.75 Å². The average Bonchev–Trinajstić information content (AvgIpc) is 3.14. The minimum absolute atomic E-state index is 0.00439. The molecule has 36 heavy (non-hydrogen) atoms. The number of nitrogens with zero attached hydrogens (tertiary/aromatic N) is 2. The van der Waals surface area contributed by atoms with E-state index in [1.807, 2.05) is 25.9 Å². The maximum Gasteiger partial charge on any atom is 0.295 e. The second-order valence-corrected chi connectivity index (χ2v) is 8.63. The van der Waals surface area contributed by atoms with E-state index in [0.717, 1.165) is 6.42 Å². The van der Waals surface area contributed by atoms with E-state index in [1.54, 1.807) is 36.4 Å². The minimum Gasteiger partial charge on any atom is -0.507 e. The highest BCUT2D eigenvalue weighted by molar-refractivity contribution is 6.46. The van der Waals surface area contributed by atoms with E-state index in [2.05, 4.69) is 0 Å². The number of aliphatic hydroxyl groups is 1. The highest BCUT2D eigenvalue weighted by Gasteiger charge is 2.46. The standard InChI is InChI=1S/C27H34N2O7/c1-7-14-36-19-10-8-17(9-11-19)24(30)22-23(29(13-12-28(2)3)27(32)25(22)31)18-15-20(33-4)26(35-6)21(16-18)34-5/h8-11,15-16,23,30H,7,12-14H2,1-6H3/t23-/m0/s1. The molecule has 0 bridgehead atoms. The van der Waals surface area contributed by atoms with Gasteiger partial charge in [0.1, 0.15) is 11.5 Å². The Morgan fingerprint density at radius 3 is 2.11 bits per heavy atom. The van der Waals surface area contributed by atoms with Crippen molar-refractivity contribution >= 4 is 17.4 Å². The number of carbonyl (C=O) groups is 2. The lowest BCUT2D eigenvalue weighted by Gasteiger charge is -2.27. The molecule has 0 unspecified atom stereocenters. The number of aliphatic hydroxyl groups excluding tert-OH is 1. The fourth-order valence-electron chi connectivity index (χ4n) is 4.11. The average molecular weight is 499 g/mol. The van der Waals surface area contributed by atoms with Crippen LogP contribution in [0.4, 0.5) is 0 Å². The molecule has 1 aliphatic heterocycles. The van der Waals surface area contributed by atoms with Gasteiger partial charge in [-0.15, -0.1) is 0 Å². The van der Waals surface area contributed by atoms with Crippen LogP contribution in [0.2, 0.25) is 0 Å². The van der Waals surface area contributed by atoms with E-state index in [1.165, 1.54) is 26.2 Å². The summed E-state index contributed by atoms with van der Waals surface area (Å²) in [5, 5.41) is 11.3. The van der Waals surface area contributed by atoms with E-state index in [0.29, 0.717) is 47.3 Å². The number of ketones is 1. The lowest BCUT2D eigenvalue weighted by molar-refractivity contribution is -0.140. The third-order valence-corrected chi connectivity index (χ3v) is 5.93. The second kappa shape index (κ2) is 11.8. The summed E-state index contributed by atoms with van der Waals surface area (Å²) in [5.41, 5.74) is 0.948. The van der Waals surface area contributed by atoms with Crippen molar-refractivity contribution in [2.24, 2.45) is 0 Å². The zero-order valence-electron chi connectivity index (χ0n) is 21.7. The molecule has 0 spiro atoms. The molecule has 0 aliphatic carbocycles. The van der Waals surface area contributed by atoms with Crippen LogP contribution < -0.4 is 18.9 Å². The number of likely N-dealkylation sites (N-methyl/N-ethyl adjacent to an activating group) is 1. The fraction of sp³-hybridized carbons (Fsp3) is 0.407. The van der Waals surface area contributed by atoms with E-state index in [-0.39, 0.29) is 17.9 Å². The molecule has 9 heteroatoms. The Morgan fingerprint density at radius 2 is 1.61 bits per heavy atom. The summed E-state index contributed by atoms with van der Waals surface area (Å²) in [6.07, 6.45) is 0.868. The molecule has 0 radical (unpaired) electrons. The Balaban J connectivity index is 2.17. The van der Waals surface area contributed by atoms with Crippen LogP contribution >= 0.6 is 0 Å². The Bertz CT molecular complexity index is 1100. The van der Waals surface area contributed by atoms with Crippen LogP contribution in [-0.2, 0) is 9.59 Å². The first kappa shape index (κ1) is 26.9. The lowest BCUT2D eigenvalue weighted by Crippen LogP contribution is -2.35. The molecule has 1 fully saturated rings. The molecule has 1 N–H and O–H groups in total. The Morgan fingerprint density at radius 1 is 1.00 bits per heavy atom. The second-order valence-electron chi connectivity index (χ2n) is 8.63. The van der Waals surface area contributed by atoms with Crippen molar-refractivity contribution in [1.29, 1.82) is 0 Å². The molecular formula is C27H34N2O7. The SMILES string of the molecule is CCCOc1ccc(C(O)=C2C(=O)C(=O)N(CCN(C)C)[C@H]2c2cc(OC)c(OC)c(OC)c2)cc1. The highest BCUT2D eigenvalue weighted by atomic mass is 16.5. The molecule has 1 amide bonds. The van der Waals surface area contributed by atoms with Crippen LogP contribution in [0.1, 0.15) is 30.5 Å². The Hall–Kier alpha value is -3.72. The van der Waals surface area contributed by atoms with Gasteiger partial charge in [-0.25, -0.2) is 0 Å². The van der Waals surface area contributed by atoms with Crippen LogP contribution in [0.3, 0.4) is 0 Å². The van der Waals surface area contributed by atoms with Crippen LogP contribution in [0, 0.1) is 0 Å². The molecule has 194 valence electrons. The number of likely N-dealkylation sites (tertiary alicyclic amines) is 1. The zero-order valence-corrected chi connectivity index (χ0v) is 21.7. The van der Waals surface area contributed by atoms with E-state index in [9.17, 15) is 14.7 Å². The van der Waals surface area contributed by atoms with Crippen LogP contribution in [0.5, 0.6) is 23.0 Å². The molecule has 2 aromatic rings. The molecule has 9 nitrogen and oxygen atoms in total. The van der Waals surface area contributed by atoms with Gasteiger partial charge in [-0.05, 0) is 62.5 Å². The zero-order chi connectivity index (χ0) is 26.4. The summed E-state index contributed by atoms with van der Waals surface area (Å²) in [4.78, 5) is 29.8. The smallest absolute Gasteiger partial charge is 0.295 e. The summed E-state index contributed by atoms with van der Waals surface area (Å²) < 4.78 is 22.0. The molecule has 1 saturated heterocycles. The van der Waals surface area contributed by atoms with Crippen LogP contribution in [0.15, 0.2) is 42.0 Å². The molecular weight excluding hydrogens is 464 g/mol. The molecule has 2 aromatic carbocycles. The van der Waals surface area contributed by atoms with Gasteiger partial charge in [0, 0.05) is 18.7 Å². The number of ether oxygens (including phenoxy) is 4. The van der Waals surface area contributed by atoms with Gasteiger partial charge in [0.15, 0.2) is 11.5 Å². The third kappa shape index (κ3) is 5.41. The highest BCUT2D eigenvalue weighted by Crippen LogP contribution is 2.45.